The zero-order valence-corrected chi connectivity index (χ0v) is 11.6. The standard InChI is InChI=1S/C14H27NO2/c1-14(2,3)17-13(16)10-5-4-8-12-9-6-7-11-15-12/h12,15H,4-11H2,1-3H3. The highest BCUT2D eigenvalue weighted by Gasteiger charge is 2.16. The molecule has 0 aromatic heterocycles. The molecule has 0 aromatic rings. The van der Waals surface area contributed by atoms with Crippen molar-refractivity contribution < 1.29 is 9.53 Å². The third-order valence-electron chi connectivity index (χ3n) is 3.02. The van der Waals surface area contributed by atoms with Crippen molar-refractivity contribution in [1.29, 1.82) is 0 Å². The number of hydrogen-bond acceptors (Lipinski definition) is 3. The molecule has 1 N–H and O–H groups in total. The summed E-state index contributed by atoms with van der Waals surface area (Å²) < 4.78 is 5.28. The molecule has 1 aliphatic rings. The number of ether oxygens (including phenoxy) is 1. The average Bonchev–Trinajstić information content (AvgIpc) is 2.23. The van der Waals surface area contributed by atoms with Crippen molar-refractivity contribution in [2.75, 3.05) is 6.54 Å². The number of carbonyl (C=O) groups is 1. The molecule has 1 unspecified atom stereocenters. The van der Waals surface area contributed by atoms with Crippen molar-refractivity contribution in [3.05, 3.63) is 0 Å². The monoisotopic (exact) mass is 241 g/mol. The summed E-state index contributed by atoms with van der Waals surface area (Å²) in [7, 11) is 0. The maximum absolute atomic E-state index is 11.5. The van der Waals surface area contributed by atoms with Crippen molar-refractivity contribution in [3.63, 3.8) is 0 Å². The van der Waals surface area contributed by atoms with Gasteiger partial charge < -0.3 is 10.1 Å². The highest BCUT2D eigenvalue weighted by Crippen LogP contribution is 2.15. The van der Waals surface area contributed by atoms with E-state index in [2.05, 4.69) is 5.32 Å². The SMILES string of the molecule is CC(C)(C)OC(=O)CCCCC1CCCCN1. The zero-order chi connectivity index (χ0) is 12.7. The molecule has 0 aliphatic carbocycles. The van der Waals surface area contributed by atoms with Crippen molar-refractivity contribution in [3.8, 4) is 0 Å². The minimum absolute atomic E-state index is 0.0610. The van der Waals surface area contributed by atoms with Crippen LogP contribution in [-0.2, 0) is 9.53 Å². The minimum atomic E-state index is -0.345. The summed E-state index contributed by atoms with van der Waals surface area (Å²) in [6, 6.07) is 0.683. The zero-order valence-electron chi connectivity index (χ0n) is 11.6. The number of esters is 1. The van der Waals surface area contributed by atoms with Gasteiger partial charge in [0.2, 0.25) is 0 Å². The summed E-state index contributed by atoms with van der Waals surface area (Å²) >= 11 is 0. The number of unbranched alkanes of at least 4 members (excludes halogenated alkanes) is 1. The quantitative estimate of drug-likeness (QED) is 0.594. The Balaban J connectivity index is 2.01. The van der Waals surface area contributed by atoms with Gasteiger partial charge in [-0.25, -0.2) is 0 Å². The Bertz CT molecular complexity index is 227. The van der Waals surface area contributed by atoms with E-state index in [0.717, 1.165) is 19.4 Å². The van der Waals surface area contributed by atoms with E-state index in [9.17, 15) is 4.79 Å². The van der Waals surface area contributed by atoms with Crippen LogP contribution in [-0.4, -0.2) is 24.2 Å². The highest BCUT2D eigenvalue weighted by molar-refractivity contribution is 5.69. The normalized spacial score (nSPS) is 21.2. The number of carbonyl (C=O) groups excluding carboxylic acids is 1. The third-order valence-corrected chi connectivity index (χ3v) is 3.02. The lowest BCUT2D eigenvalue weighted by atomic mass is 9.99. The van der Waals surface area contributed by atoms with Gasteiger partial charge in [-0.1, -0.05) is 12.8 Å². The van der Waals surface area contributed by atoms with Gasteiger partial charge in [-0.3, -0.25) is 4.79 Å². The van der Waals surface area contributed by atoms with E-state index in [0.29, 0.717) is 12.5 Å². The van der Waals surface area contributed by atoms with Crippen molar-refractivity contribution >= 4 is 5.97 Å². The summed E-state index contributed by atoms with van der Waals surface area (Å²) in [5.41, 5.74) is -0.345. The number of rotatable bonds is 5. The predicted octanol–water partition coefficient (Wildman–Crippen LogP) is 3.03. The lowest BCUT2D eigenvalue weighted by Crippen LogP contribution is -2.33. The first-order chi connectivity index (χ1) is 7.97. The largest absolute Gasteiger partial charge is 0.460 e. The molecular formula is C14H27NO2. The van der Waals surface area contributed by atoms with Gasteiger partial charge in [0.1, 0.15) is 5.60 Å². The average molecular weight is 241 g/mol. The van der Waals surface area contributed by atoms with Crippen LogP contribution < -0.4 is 5.32 Å². The number of hydrogen-bond donors (Lipinski definition) is 1. The summed E-state index contributed by atoms with van der Waals surface area (Å²) in [6.45, 7) is 6.90. The van der Waals surface area contributed by atoms with E-state index in [1.807, 2.05) is 20.8 Å². The predicted molar refractivity (Wildman–Crippen MR) is 70.0 cm³/mol. The van der Waals surface area contributed by atoms with Gasteiger partial charge in [0.25, 0.3) is 0 Å². The second-order valence-corrected chi connectivity index (χ2v) is 5.98. The van der Waals surface area contributed by atoms with Gasteiger partial charge in [-0.05, 0) is 53.0 Å². The summed E-state index contributed by atoms with van der Waals surface area (Å²) in [5, 5.41) is 3.53. The fourth-order valence-electron chi connectivity index (χ4n) is 2.22. The van der Waals surface area contributed by atoms with Crippen LogP contribution in [0.25, 0.3) is 0 Å². The molecule has 0 saturated carbocycles. The van der Waals surface area contributed by atoms with Crippen LogP contribution >= 0.6 is 0 Å². The van der Waals surface area contributed by atoms with E-state index < -0.39 is 0 Å². The van der Waals surface area contributed by atoms with E-state index in [4.69, 9.17) is 4.74 Å². The molecule has 1 heterocycles. The fourth-order valence-corrected chi connectivity index (χ4v) is 2.22. The first-order valence-electron chi connectivity index (χ1n) is 6.92. The van der Waals surface area contributed by atoms with Gasteiger partial charge in [0, 0.05) is 12.5 Å². The van der Waals surface area contributed by atoms with E-state index in [1.165, 1.54) is 25.7 Å². The van der Waals surface area contributed by atoms with Crippen LogP contribution in [0.3, 0.4) is 0 Å². The molecular weight excluding hydrogens is 214 g/mol. The molecule has 1 rings (SSSR count). The van der Waals surface area contributed by atoms with E-state index in [-0.39, 0.29) is 11.6 Å². The maximum Gasteiger partial charge on any atom is 0.306 e. The Hall–Kier alpha value is -0.570. The first-order valence-corrected chi connectivity index (χ1v) is 6.92. The molecule has 1 saturated heterocycles. The van der Waals surface area contributed by atoms with Gasteiger partial charge >= 0.3 is 5.97 Å². The summed E-state index contributed by atoms with van der Waals surface area (Å²) in [4.78, 5) is 11.5. The number of nitrogens with one attached hydrogen (secondary N) is 1. The van der Waals surface area contributed by atoms with Gasteiger partial charge in [0.05, 0.1) is 0 Å². The highest BCUT2D eigenvalue weighted by atomic mass is 16.6. The Morgan fingerprint density at radius 2 is 2.06 bits per heavy atom. The van der Waals surface area contributed by atoms with Gasteiger partial charge in [-0.15, -0.1) is 0 Å². The molecule has 17 heavy (non-hydrogen) atoms. The van der Waals surface area contributed by atoms with Crippen LogP contribution in [0.1, 0.15) is 65.7 Å². The van der Waals surface area contributed by atoms with Crippen molar-refractivity contribution in [1.82, 2.24) is 5.32 Å². The Labute approximate surface area is 105 Å². The Kier molecular flexibility index (Phi) is 5.96. The van der Waals surface area contributed by atoms with Crippen LogP contribution in [0.15, 0.2) is 0 Å². The topological polar surface area (TPSA) is 38.3 Å². The maximum atomic E-state index is 11.5. The molecule has 0 radical (unpaired) electrons. The fraction of sp³-hybridized carbons (Fsp3) is 0.929. The molecule has 1 atom stereocenters. The molecule has 100 valence electrons. The van der Waals surface area contributed by atoms with Crippen LogP contribution in [0, 0.1) is 0 Å². The molecule has 0 aromatic carbocycles. The second kappa shape index (κ2) is 7.00. The van der Waals surface area contributed by atoms with Crippen molar-refractivity contribution in [2.24, 2.45) is 0 Å². The minimum Gasteiger partial charge on any atom is -0.460 e. The Morgan fingerprint density at radius 3 is 2.65 bits per heavy atom. The molecule has 3 nitrogen and oxygen atoms in total. The molecule has 1 aliphatic heterocycles. The Morgan fingerprint density at radius 1 is 1.29 bits per heavy atom. The van der Waals surface area contributed by atoms with Crippen LogP contribution in [0.5, 0.6) is 0 Å². The smallest absolute Gasteiger partial charge is 0.306 e. The molecule has 1 fully saturated rings. The molecule has 0 spiro atoms. The molecule has 0 amide bonds. The summed E-state index contributed by atoms with van der Waals surface area (Å²) in [5.74, 6) is -0.0610. The van der Waals surface area contributed by atoms with Crippen LogP contribution in [0.2, 0.25) is 0 Å². The lowest BCUT2D eigenvalue weighted by molar-refractivity contribution is -0.154. The third kappa shape index (κ3) is 7.37. The molecule has 3 heteroatoms. The van der Waals surface area contributed by atoms with E-state index >= 15 is 0 Å². The second-order valence-electron chi connectivity index (χ2n) is 5.98. The first kappa shape index (κ1) is 14.5. The van der Waals surface area contributed by atoms with E-state index in [1.54, 1.807) is 0 Å². The van der Waals surface area contributed by atoms with Crippen LogP contribution in [0.4, 0.5) is 0 Å². The van der Waals surface area contributed by atoms with Gasteiger partial charge in [0.15, 0.2) is 0 Å². The van der Waals surface area contributed by atoms with Crippen molar-refractivity contribution in [2.45, 2.75) is 77.4 Å². The van der Waals surface area contributed by atoms with Gasteiger partial charge in [-0.2, -0.15) is 0 Å². The number of piperidine rings is 1. The lowest BCUT2D eigenvalue weighted by Gasteiger charge is -2.23. The summed E-state index contributed by atoms with van der Waals surface area (Å²) in [6.07, 6.45) is 7.79. The molecule has 0 bridgehead atoms.